The van der Waals surface area contributed by atoms with Crippen LogP contribution in [0.4, 0.5) is 0 Å². The molecule has 2 N–H and O–H groups in total. The highest BCUT2D eigenvalue weighted by atomic mass is 127. The molecule has 0 spiro atoms. The number of nitrogens with zero attached hydrogens (tertiary/aromatic N) is 1. The van der Waals surface area contributed by atoms with Crippen LogP contribution in [-0.2, 0) is 13.0 Å². The number of benzene rings is 1. The molecule has 0 bridgehead atoms. The Morgan fingerprint density at radius 3 is 2.25 bits per heavy atom. The van der Waals surface area contributed by atoms with Crippen molar-refractivity contribution in [2.45, 2.75) is 46.7 Å². The third kappa shape index (κ3) is 6.11. The molecule has 20 heavy (non-hydrogen) atoms. The summed E-state index contributed by atoms with van der Waals surface area (Å²) >= 11 is 0. The van der Waals surface area contributed by atoms with Gasteiger partial charge in [-0.15, -0.1) is 24.0 Å². The maximum atomic E-state index is 4.28. The molecule has 114 valence electrons. The van der Waals surface area contributed by atoms with Gasteiger partial charge in [0.1, 0.15) is 0 Å². The standard InChI is InChI=1S/C16H27N3.HI/c1-6-14-9-7-8-10-15(14)11-18-16(17-5)19-13(4)12(2)3;/h7-10,12-13H,6,11H2,1-5H3,(H2,17,18,19);1H. The smallest absolute Gasteiger partial charge is 0.191 e. The van der Waals surface area contributed by atoms with Crippen LogP contribution in [0.25, 0.3) is 0 Å². The Kier molecular flexibility index (Phi) is 9.63. The van der Waals surface area contributed by atoms with Crippen molar-refractivity contribution < 1.29 is 0 Å². The first-order valence-electron chi connectivity index (χ1n) is 7.12. The van der Waals surface area contributed by atoms with Gasteiger partial charge in [0.05, 0.1) is 0 Å². The number of hydrogen-bond acceptors (Lipinski definition) is 1. The average Bonchev–Trinajstić information content (AvgIpc) is 2.43. The molecular formula is C16H28IN3. The van der Waals surface area contributed by atoms with Gasteiger partial charge < -0.3 is 10.6 Å². The van der Waals surface area contributed by atoms with Gasteiger partial charge in [0.25, 0.3) is 0 Å². The van der Waals surface area contributed by atoms with Gasteiger partial charge in [-0.05, 0) is 30.4 Å². The molecule has 3 nitrogen and oxygen atoms in total. The van der Waals surface area contributed by atoms with Gasteiger partial charge >= 0.3 is 0 Å². The van der Waals surface area contributed by atoms with E-state index >= 15 is 0 Å². The van der Waals surface area contributed by atoms with Crippen LogP contribution < -0.4 is 10.6 Å². The van der Waals surface area contributed by atoms with E-state index in [0.717, 1.165) is 18.9 Å². The molecule has 0 heterocycles. The van der Waals surface area contributed by atoms with Gasteiger partial charge in [-0.3, -0.25) is 4.99 Å². The van der Waals surface area contributed by atoms with Gasteiger partial charge in [-0.1, -0.05) is 45.0 Å². The van der Waals surface area contributed by atoms with Crippen LogP contribution in [0.2, 0.25) is 0 Å². The number of guanidine groups is 1. The normalized spacial score (nSPS) is 12.8. The topological polar surface area (TPSA) is 36.4 Å². The van der Waals surface area contributed by atoms with Crippen LogP contribution in [0.5, 0.6) is 0 Å². The summed E-state index contributed by atoms with van der Waals surface area (Å²) in [5.41, 5.74) is 2.73. The van der Waals surface area contributed by atoms with Crippen LogP contribution in [0.1, 0.15) is 38.8 Å². The van der Waals surface area contributed by atoms with E-state index in [1.807, 2.05) is 7.05 Å². The van der Waals surface area contributed by atoms with Crippen molar-refractivity contribution in [2.24, 2.45) is 10.9 Å². The predicted molar refractivity (Wildman–Crippen MR) is 98.9 cm³/mol. The number of halogens is 1. The summed E-state index contributed by atoms with van der Waals surface area (Å²) in [6.45, 7) is 9.59. The minimum absolute atomic E-state index is 0. The second kappa shape index (κ2) is 10.0. The lowest BCUT2D eigenvalue weighted by Crippen LogP contribution is -2.43. The molecule has 0 saturated heterocycles. The monoisotopic (exact) mass is 389 g/mol. The molecule has 1 aromatic carbocycles. The number of nitrogens with one attached hydrogen (secondary N) is 2. The van der Waals surface area contributed by atoms with E-state index in [1.54, 1.807) is 0 Å². The Labute approximate surface area is 140 Å². The summed E-state index contributed by atoms with van der Waals surface area (Å²) in [6.07, 6.45) is 1.06. The summed E-state index contributed by atoms with van der Waals surface area (Å²) in [7, 11) is 1.81. The van der Waals surface area contributed by atoms with Crippen molar-refractivity contribution in [3.63, 3.8) is 0 Å². The largest absolute Gasteiger partial charge is 0.354 e. The average molecular weight is 389 g/mol. The molecule has 0 fully saturated rings. The van der Waals surface area contributed by atoms with Gasteiger partial charge in [0, 0.05) is 19.6 Å². The third-order valence-electron chi connectivity index (χ3n) is 3.53. The Balaban J connectivity index is 0.00000361. The Hall–Kier alpha value is -0.780. The highest BCUT2D eigenvalue weighted by molar-refractivity contribution is 14.0. The van der Waals surface area contributed by atoms with Gasteiger partial charge in [-0.25, -0.2) is 0 Å². The van der Waals surface area contributed by atoms with Crippen molar-refractivity contribution in [3.8, 4) is 0 Å². The highest BCUT2D eigenvalue weighted by Crippen LogP contribution is 2.08. The van der Waals surface area contributed by atoms with Crippen LogP contribution in [0, 0.1) is 5.92 Å². The van der Waals surface area contributed by atoms with Gasteiger partial charge in [0.2, 0.25) is 0 Å². The van der Waals surface area contributed by atoms with Crippen LogP contribution in [0.15, 0.2) is 29.3 Å². The molecule has 1 atom stereocenters. The highest BCUT2D eigenvalue weighted by Gasteiger charge is 2.09. The number of aliphatic imine (C=N–C) groups is 1. The Morgan fingerprint density at radius 2 is 1.75 bits per heavy atom. The summed E-state index contributed by atoms with van der Waals surface area (Å²) in [6, 6.07) is 8.95. The zero-order valence-electron chi connectivity index (χ0n) is 13.2. The number of hydrogen-bond donors (Lipinski definition) is 2. The Morgan fingerprint density at radius 1 is 1.15 bits per heavy atom. The zero-order chi connectivity index (χ0) is 14.3. The summed E-state index contributed by atoms with van der Waals surface area (Å²) in [4.78, 5) is 4.28. The van der Waals surface area contributed by atoms with Gasteiger partial charge in [0.15, 0.2) is 5.96 Å². The van der Waals surface area contributed by atoms with E-state index in [1.165, 1.54) is 11.1 Å². The molecule has 0 saturated carbocycles. The molecule has 0 aromatic heterocycles. The van der Waals surface area contributed by atoms with E-state index in [2.05, 4.69) is 67.6 Å². The molecule has 1 unspecified atom stereocenters. The quantitative estimate of drug-likeness (QED) is 0.459. The summed E-state index contributed by atoms with van der Waals surface area (Å²) in [5.74, 6) is 1.45. The van der Waals surface area contributed by atoms with Crippen LogP contribution >= 0.6 is 24.0 Å². The molecule has 1 rings (SSSR count). The second-order valence-corrected chi connectivity index (χ2v) is 5.23. The SMILES string of the molecule is CCc1ccccc1CNC(=NC)NC(C)C(C)C.I. The van der Waals surface area contributed by atoms with E-state index in [9.17, 15) is 0 Å². The van der Waals surface area contributed by atoms with Crippen molar-refractivity contribution in [2.75, 3.05) is 7.05 Å². The van der Waals surface area contributed by atoms with E-state index < -0.39 is 0 Å². The third-order valence-corrected chi connectivity index (χ3v) is 3.53. The molecular weight excluding hydrogens is 361 g/mol. The maximum absolute atomic E-state index is 4.28. The van der Waals surface area contributed by atoms with Crippen LogP contribution in [0.3, 0.4) is 0 Å². The molecule has 0 aliphatic heterocycles. The van der Waals surface area contributed by atoms with E-state index in [4.69, 9.17) is 0 Å². The molecule has 0 aliphatic rings. The first kappa shape index (κ1) is 19.2. The molecule has 1 aromatic rings. The van der Waals surface area contributed by atoms with Crippen molar-refractivity contribution in [1.82, 2.24) is 10.6 Å². The lowest BCUT2D eigenvalue weighted by molar-refractivity contribution is 0.481. The predicted octanol–water partition coefficient (Wildman–Crippen LogP) is 3.58. The molecule has 4 heteroatoms. The second-order valence-electron chi connectivity index (χ2n) is 5.23. The number of aryl methyl sites for hydroxylation is 1. The van der Waals surface area contributed by atoms with E-state index in [-0.39, 0.29) is 24.0 Å². The lowest BCUT2D eigenvalue weighted by atomic mass is 10.1. The van der Waals surface area contributed by atoms with Crippen molar-refractivity contribution in [1.29, 1.82) is 0 Å². The van der Waals surface area contributed by atoms with Crippen molar-refractivity contribution in [3.05, 3.63) is 35.4 Å². The fourth-order valence-corrected chi connectivity index (χ4v) is 1.83. The minimum Gasteiger partial charge on any atom is -0.354 e. The molecule has 0 radical (unpaired) electrons. The minimum atomic E-state index is 0. The first-order chi connectivity index (χ1) is 9.08. The number of rotatable bonds is 5. The van der Waals surface area contributed by atoms with Gasteiger partial charge in [-0.2, -0.15) is 0 Å². The summed E-state index contributed by atoms with van der Waals surface area (Å²) in [5, 5.41) is 6.80. The van der Waals surface area contributed by atoms with Crippen LogP contribution in [-0.4, -0.2) is 19.0 Å². The first-order valence-corrected chi connectivity index (χ1v) is 7.12. The zero-order valence-corrected chi connectivity index (χ0v) is 15.6. The Bertz CT molecular complexity index is 416. The fraction of sp³-hybridized carbons (Fsp3) is 0.562. The molecule has 0 amide bonds. The molecule has 0 aliphatic carbocycles. The lowest BCUT2D eigenvalue weighted by Gasteiger charge is -2.21. The maximum Gasteiger partial charge on any atom is 0.191 e. The van der Waals surface area contributed by atoms with Crippen molar-refractivity contribution >= 4 is 29.9 Å². The fourth-order valence-electron chi connectivity index (χ4n) is 1.83. The summed E-state index contributed by atoms with van der Waals surface area (Å²) < 4.78 is 0. The van der Waals surface area contributed by atoms with E-state index in [0.29, 0.717) is 12.0 Å².